The molecule has 21 heavy (non-hydrogen) atoms. The number of hydrazone groups is 1. The summed E-state index contributed by atoms with van der Waals surface area (Å²) in [6, 6.07) is 4.02. The molecule has 1 heterocycles. The summed E-state index contributed by atoms with van der Waals surface area (Å²) in [6.07, 6.45) is -3.34. The van der Waals surface area contributed by atoms with Crippen LogP contribution in [-0.4, -0.2) is 17.6 Å². The van der Waals surface area contributed by atoms with E-state index in [1.54, 1.807) is 12.3 Å². The number of hydrogen-bond acceptors (Lipinski definition) is 6. The second-order valence-corrected chi connectivity index (χ2v) is 4.87. The van der Waals surface area contributed by atoms with Crippen molar-refractivity contribution in [2.24, 2.45) is 5.10 Å². The molecule has 0 amide bonds. The van der Waals surface area contributed by atoms with E-state index in [-0.39, 0.29) is 5.75 Å². The Bertz CT molecular complexity index is 654. The molecular formula is C12H11F3N4OS. The SMILES string of the molecule is Cc1ccc(OC(F)(F)F)cc1C=NNc1nc(N)cs1. The molecule has 2 rings (SSSR count). The lowest BCUT2D eigenvalue weighted by atomic mass is 10.1. The zero-order valence-corrected chi connectivity index (χ0v) is 11.6. The summed E-state index contributed by atoms with van der Waals surface area (Å²) < 4.78 is 40.3. The Labute approximate surface area is 122 Å². The summed E-state index contributed by atoms with van der Waals surface area (Å²) in [5.74, 6) is 0.0718. The van der Waals surface area contributed by atoms with E-state index in [1.165, 1.54) is 35.8 Å². The third-order valence-electron chi connectivity index (χ3n) is 2.37. The van der Waals surface area contributed by atoms with Gasteiger partial charge in [-0.15, -0.1) is 24.5 Å². The Hall–Kier alpha value is -2.29. The predicted octanol–water partition coefficient (Wildman–Crippen LogP) is 3.38. The van der Waals surface area contributed by atoms with Crippen LogP contribution in [0.5, 0.6) is 5.75 Å². The molecule has 0 radical (unpaired) electrons. The Morgan fingerprint density at radius 3 is 2.81 bits per heavy atom. The summed E-state index contributed by atoms with van der Waals surface area (Å²) in [6.45, 7) is 1.75. The van der Waals surface area contributed by atoms with Crippen LogP contribution < -0.4 is 15.9 Å². The molecule has 112 valence electrons. The summed E-state index contributed by atoms with van der Waals surface area (Å²) in [5, 5.41) is 6.03. The summed E-state index contributed by atoms with van der Waals surface area (Å²) >= 11 is 1.27. The van der Waals surface area contributed by atoms with Gasteiger partial charge in [0.05, 0.1) is 6.21 Å². The van der Waals surface area contributed by atoms with E-state index >= 15 is 0 Å². The van der Waals surface area contributed by atoms with Crippen LogP contribution >= 0.6 is 11.3 Å². The van der Waals surface area contributed by atoms with Crippen LogP contribution in [0.2, 0.25) is 0 Å². The lowest BCUT2D eigenvalue weighted by Gasteiger charge is -2.10. The maximum atomic E-state index is 12.2. The summed E-state index contributed by atoms with van der Waals surface area (Å²) in [5.41, 5.74) is 9.34. The van der Waals surface area contributed by atoms with Crippen LogP contribution in [0.1, 0.15) is 11.1 Å². The third-order valence-corrected chi connectivity index (χ3v) is 3.14. The van der Waals surface area contributed by atoms with Crippen LogP contribution in [0.3, 0.4) is 0 Å². The van der Waals surface area contributed by atoms with Crippen molar-refractivity contribution in [1.82, 2.24) is 4.98 Å². The first kappa shape index (κ1) is 15.1. The van der Waals surface area contributed by atoms with Gasteiger partial charge >= 0.3 is 6.36 Å². The molecule has 3 N–H and O–H groups in total. The molecule has 0 aliphatic rings. The second-order valence-electron chi connectivity index (χ2n) is 4.01. The highest BCUT2D eigenvalue weighted by atomic mass is 32.1. The van der Waals surface area contributed by atoms with Gasteiger partial charge in [0.1, 0.15) is 11.6 Å². The van der Waals surface area contributed by atoms with Crippen molar-refractivity contribution in [3.8, 4) is 5.75 Å². The van der Waals surface area contributed by atoms with Gasteiger partial charge in [-0.1, -0.05) is 6.07 Å². The van der Waals surface area contributed by atoms with Gasteiger partial charge in [-0.2, -0.15) is 5.10 Å². The minimum atomic E-state index is -4.72. The van der Waals surface area contributed by atoms with Crippen molar-refractivity contribution in [3.63, 3.8) is 0 Å². The maximum absolute atomic E-state index is 12.2. The molecule has 0 spiro atoms. The molecule has 0 aliphatic heterocycles. The number of ether oxygens (including phenoxy) is 1. The standard InChI is InChI=1S/C12H11F3N4OS/c1-7-2-3-9(20-12(13,14)15)4-8(7)5-17-19-11-18-10(16)6-21-11/h2-6H,16H2,1H3,(H,18,19). The van der Waals surface area contributed by atoms with Gasteiger partial charge < -0.3 is 10.5 Å². The Kier molecular flexibility index (Phi) is 4.32. The number of rotatable bonds is 4. The van der Waals surface area contributed by atoms with Gasteiger partial charge in [0, 0.05) is 10.9 Å². The number of nitrogens with one attached hydrogen (secondary N) is 1. The van der Waals surface area contributed by atoms with Crippen molar-refractivity contribution < 1.29 is 17.9 Å². The number of nitrogens with zero attached hydrogens (tertiary/aromatic N) is 2. The first-order valence-electron chi connectivity index (χ1n) is 5.70. The van der Waals surface area contributed by atoms with Crippen LogP contribution in [0, 0.1) is 6.92 Å². The van der Waals surface area contributed by atoms with Gasteiger partial charge in [0.15, 0.2) is 0 Å². The minimum Gasteiger partial charge on any atom is -0.406 e. The molecule has 1 aromatic heterocycles. The highest BCUT2D eigenvalue weighted by Gasteiger charge is 2.31. The summed E-state index contributed by atoms with van der Waals surface area (Å²) in [4.78, 5) is 3.93. The van der Waals surface area contributed by atoms with Crippen LogP contribution in [0.4, 0.5) is 24.1 Å². The molecule has 0 saturated carbocycles. The van der Waals surface area contributed by atoms with Gasteiger partial charge in [0.2, 0.25) is 5.13 Å². The molecule has 5 nitrogen and oxygen atoms in total. The molecule has 0 fully saturated rings. The molecule has 2 aromatic rings. The third kappa shape index (κ3) is 4.63. The molecular weight excluding hydrogens is 305 g/mol. The van der Waals surface area contributed by atoms with E-state index in [0.717, 1.165) is 5.56 Å². The molecule has 0 atom stereocenters. The highest BCUT2D eigenvalue weighted by molar-refractivity contribution is 7.14. The number of halogens is 3. The largest absolute Gasteiger partial charge is 0.573 e. The topological polar surface area (TPSA) is 72.5 Å². The number of hydrogen-bond donors (Lipinski definition) is 2. The van der Waals surface area contributed by atoms with E-state index in [0.29, 0.717) is 16.5 Å². The first-order valence-corrected chi connectivity index (χ1v) is 6.58. The average Bonchev–Trinajstić information content (AvgIpc) is 2.77. The molecule has 0 unspecified atom stereocenters. The number of benzene rings is 1. The number of nitrogen functional groups attached to an aromatic ring is 1. The molecule has 0 aliphatic carbocycles. The number of aromatic nitrogens is 1. The monoisotopic (exact) mass is 316 g/mol. The Morgan fingerprint density at radius 1 is 1.43 bits per heavy atom. The lowest BCUT2D eigenvalue weighted by molar-refractivity contribution is -0.274. The first-order chi connectivity index (χ1) is 9.83. The fraction of sp³-hybridized carbons (Fsp3) is 0.167. The van der Waals surface area contributed by atoms with Gasteiger partial charge in [-0.25, -0.2) is 4.98 Å². The Morgan fingerprint density at radius 2 is 2.19 bits per heavy atom. The summed E-state index contributed by atoms with van der Waals surface area (Å²) in [7, 11) is 0. The van der Waals surface area contributed by atoms with Crippen LogP contribution in [0.15, 0.2) is 28.7 Å². The zero-order valence-electron chi connectivity index (χ0n) is 10.8. The predicted molar refractivity (Wildman–Crippen MR) is 75.6 cm³/mol. The fourth-order valence-electron chi connectivity index (χ4n) is 1.45. The van der Waals surface area contributed by atoms with Crippen molar-refractivity contribution in [2.45, 2.75) is 13.3 Å². The van der Waals surface area contributed by atoms with Gasteiger partial charge in [-0.05, 0) is 24.6 Å². The van der Waals surface area contributed by atoms with Gasteiger partial charge in [0.25, 0.3) is 0 Å². The second kappa shape index (κ2) is 6.00. The highest BCUT2D eigenvalue weighted by Crippen LogP contribution is 2.24. The van der Waals surface area contributed by atoms with Crippen molar-refractivity contribution in [3.05, 3.63) is 34.7 Å². The number of thiazole rings is 1. The average molecular weight is 316 g/mol. The van der Waals surface area contributed by atoms with Crippen LogP contribution in [-0.2, 0) is 0 Å². The van der Waals surface area contributed by atoms with Crippen molar-refractivity contribution >= 4 is 28.5 Å². The van der Waals surface area contributed by atoms with E-state index in [1.807, 2.05) is 0 Å². The fourth-order valence-corrected chi connectivity index (χ4v) is 2.00. The number of nitrogens with two attached hydrogens (primary N) is 1. The number of alkyl halides is 3. The molecule has 1 aromatic carbocycles. The minimum absolute atomic E-state index is 0.298. The van der Waals surface area contributed by atoms with E-state index in [4.69, 9.17) is 5.73 Å². The normalized spacial score (nSPS) is 11.8. The van der Waals surface area contributed by atoms with Crippen LogP contribution in [0.25, 0.3) is 0 Å². The molecule has 0 bridgehead atoms. The van der Waals surface area contributed by atoms with Crippen molar-refractivity contribution in [2.75, 3.05) is 11.2 Å². The number of anilines is 2. The van der Waals surface area contributed by atoms with E-state index in [2.05, 4.69) is 20.2 Å². The maximum Gasteiger partial charge on any atom is 0.573 e. The zero-order chi connectivity index (χ0) is 15.5. The Balaban J connectivity index is 2.09. The smallest absolute Gasteiger partial charge is 0.406 e. The van der Waals surface area contributed by atoms with E-state index in [9.17, 15) is 13.2 Å². The quantitative estimate of drug-likeness (QED) is 0.670. The van der Waals surface area contributed by atoms with Gasteiger partial charge in [-0.3, -0.25) is 5.43 Å². The molecule has 9 heteroatoms. The van der Waals surface area contributed by atoms with E-state index < -0.39 is 6.36 Å². The van der Waals surface area contributed by atoms with Crippen molar-refractivity contribution in [1.29, 1.82) is 0 Å². The number of aryl methyl sites for hydroxylation is 1. The lowest BCUT2D eigenvalue weighted by Crippen LogP contribution is -2.17. The molecule has 0 saturated heterocycles.